The van der Waals surface area contributed by atoms with Crippen LogP contribution < -0.4 is 5.32 Å². The molecular formula is C21H22N2O2S. The Labute approximate surface area is 156 Å². The van der Waals surface area contributed by atoms with Gasteiger partial charge >= 0.3 is 0 Å². The van der Waals surface area contributed by atoms with Crippen molar-refractivity contribution in [3.63, 3.8) is 0 Å². The Morgan fingerprint density at radius 3 is 3.04 bits per heavy atom. The van der Waals surface area contributed by atoms with Gasteiger partial charge in [-0.1, -0.05) is 18.2 Å². The molecule has 1 unspecified atom stereocenters. The van der Waals surface area contributed by atoms with E-state index < -0.39 is 0 Å². The zero-order valence-corrected chi connectivity index (χ0v) is 15.3. The molecule has 0 radical (unpaired) electrons. The number of carbonyl (C=O) groups excluding carboxylic acids is 1. The minimum Gasteiger partial charge on any atom is -0.507 e. The molecule has 2 aromatic heterocycles. The minimum atomic E-state index is -0.0894. The molecule has 1 atom stereocenters. The summed E-state index contributed by atoms with van der Waals surface area (Å²) >= 11 is 1.73. The molecule has 3 N–H and O–H groups in total. The van der Waals surface area contributed by atoms with E-state index in [0.29, 0.717) is 12.2 Å². The summed E-state index contributed by atoms with van der Waals surface area (Å²) in [6.45, 7) is 0.750. The number of rotatable bonds is 6. The van der Waals surface area contributed by atoms with Crippen LogP contribution in [-0.4, -0.2) is 28.5 Å². The summed E-state index contributed by atoms with van der Waals surface area (Å²) in [6.07, 6.45) is 7.01. The van der Waals surface area contributed by atoms with Gasteiger partial charge < -0.3 is 15.4 Å². The highest BCUT2D eigenvalue weighted by Gasteiger charge is 2.22. The zero-order valence-electron chi connectivity index (χ0n) is 14.5. The second-order valence-electron chi connectivity index (χ2n) is 6.71. The molecule has 0 fully saturated rings. The van der Waals surface area contributed by atoms with Crippen molar-refractivity contribution in [1.82, 2.24) is 10.3 Å². The number of hydrogen-bond donors (Lipinski definition) is 3. The number of phenols is 1. The van der Waals surface area contributed by atoms with Crippen LogP contribution in [0.25, 0.3) is 16.5 Å². The van der Waals surface area contributed by atoms with E-state index in [2.05, 4.69) is 33.9 Å². The smallest absolute Gasteiger partial charge is 0.150 e. The number of Topliss-reactive ketones (excluding diaryl/α,β-unsaturated/α-hetero) is 1. The summed E-state index contributed by atoms with van der Waals surface area (Å²) in [4.78, 5) is 17.1. The van der Waals surface area contributed by atoms with Gasteiger partial charge in [-0.05, 0) is 54.0 Å². The molecule has 0 aliphatic carbocycles. The zero-order chi connectivity index (χ0) is 17.9. The van der Waals surface area contributed by atoms with E-state index in [1.165, 1.54) is 10.5 Å². The largest absolute Gasteiger partial charge is 0.507 e. The highest BCUT2D eigenvalue weighted by Crippen LogP contribution is 2.29. The molecule has 3 heterocycles. The summed E-state index contributed by atoms with van der Waals surface area (Å²) in [5, 5.41) is 16.3. The van der Waals surface area contributed by atoms with E-state index >= 15 is 0 Å². The number of aromatic nitrogens is 1. The Kier molecular flexibility index (Phi) is 4.91. The van der Waals surface area contributed by atoms with Crippen LogP contribution in [0.15, 0.2) is 48.0 Å². The first-order valence-corrected chi connectivity index (χ1v) is 9.87. The molecule has 134 valence electrons. The van der Waals surface area contributed by atoms with Gasteiger partial charge in [0.05, 0.1) is 6.04 Å². The Balaban J connectivity index is 1.35. The molecule has 4 nitrogen and oxygen atoms in total. The highest BCUT2D eigenvalue weighted by atomic mass is 32.1. The van der Waals surface area contributed by atoms with Gasteiger partial charge in [0, 0.05) is 34.9 Å². The number of H-pyrrole nitrogens is 1. The lowest BCUT2D eigenvalue weighted by Crippen LogP contribution is -2.39. The van der Waals surface area contributed by atoms with E-state index in [-0.39, 0.29) is 11.8 Å². The molecule has 1 aliphatic rings. The lowest BCUT2D eigenvalue weighted by Gasteiger charge is -2.22. The summed E-state index contributed by atoms with van der Waals surface area (Å²) < 4.78 is 0. The molecule has 0 amide bonds. The average molecular weight is 366 g/mol. The average Bonchev–Trinajstić information content (AvgIpc) is 3.32. The first-order chi connectivity index (χ1) is 12.7. The van der Waals surface area contributed by atoms with Crippen molar-refractivity contribution in [2.24, 2.45) is 0 Å². The van der Waals surface area contributed by atoms with Crippen LogP contribution in [0.1, 0.15) is 29.7 Å². The third-order valence-corrected chi connectivity index (χ3v) is 5.94. The third-order valence-electron chi connectivity index (χ3n) is 5.00. The topological polar surface area (TPSA) is 65.1 Å². The van der Waals surface area contributed by atoms with Gasteiger partial charge in [0.1, 0.15) is 11.5 Å². The minimum absolute atomic E-state index is 0.0894. The van der Waals surface area contributed by atoms with Crippen LogP contribution in [0, 0.1) is 0 Å². The number of hydrogen-bond acceptors (Lipinski definition) is 4. The number of phenolic OH excluding ortho intramolecular Hbond substituents is 1. The van der Waals surface area contributed by atoms with E-state index in [1.807, 2.05) is 18.3 Å². The van der Waals surface area contributed by atoms with Crippen molar-refractivity contribution in [1.29, 1.82) is 0 Å². The van der Waals surface area contributed by atoms with E-state index in [9.17, 15) is 9.90 Å². The molecule has 1 aliphatic heterocycles. The first kappa shape index (κ1) is 17.1. The molecule has 0 saturated carbocycles. The normalized spacial score (nSPS) is 17.4. The van der Waals surface area contributed by atoms with Crippen LogP contribution in [0.4, 0.5) is 0 Å². The molecule has 0 saturated heterocycles. The van der Waals surface area contributed by atoms with Crippen molar-refractivity contribution in [2.45, 2.75) is 31.7 Å². The van der Waals surface area contributed by atoms with Crippen molar-refractivity contribution in [3.8, 4) is 5.75 Å². The SMILES string of the molecule is O=C(CCCc1c[nH]c2cccc(O)c12)C1CC(c2cccs2)=CCN1. The summed E-state index contributed by atoms with van der Waals surface area (Å²) in [5.74, 6) is 0.570. The maximum absolute atomic E-state index is 12.6. The molecule has 1 aromatic carbocycles. The fourth-order valence-corrected chi connectivity index (χ4v) is 4.43. The van der Waals surface area contributed by atoms with E-state index in [1.54, 1.807) is 17.4 Å². The second-order valence-corrected chi connectivity index (χ2v) is 7.65. The number of ketones is 1. The second kappa shape index (κ2) is 7.48. The molecule has 0 bridgehead atoms. The van der Waals surface area contributed by atoms with Crippen molar-refractivity contribution < 1.29 is 9.90 Å². The highest BCUT2D eigenvalue weighted by molar-refractivity contribution is 7.11. The van der Waals surface area contributed by atoms with Gasteiger partial charge in [-0.3, -0.25) is 4.79 Å². The number of fused-ring (bicyclic) bond motifs is 1. The number of benzene rings is 1. The molecule has 4 rings (SSSR count). The van der Waals surface area contributed by atoms with E-state index in [4.69, 9.17) is 0 Å². The fourth-order valence-electron chi connectivity index (χ4n) is 3.65. The van der Waals surface area contributed by atoms with Gasteiger partial charge in [-0.15, -0.1) is 11.3 Å². The van der Waals surface area contributed by atoms with E-state index in [0.717, 1.165) is 42.3 Å². The Morgan fingerprint density at radius 2 is 2.19 bits per heavy atom. The van der Waals surface area contributed by atoms with Crippen molar-refractivity contribution in [2.75, 3.05) is 6.54 Å². The standard InChI is InChI=1S/C21H22N2O2S/c24-18(17-12-14(9-10-22-17)20-8-3-11-26-20)6-1-4-15-13-23-16-5-2-7-19(25)21(15)16/h2-3,5,7-9,11,13,17,22-23,25H,1,4,6,10,12H2. The quantitative estimate of drug-likeness (QED) is 0.610. The van der Waals surface area contributed by atoms with Gasteiger partial charge in [0.15, 0.2) is 0 Å². The Bertz CT molecular complexity index is 940. The van der Waals surface area contributed by atoms with Crippen LogP contribution in [0.3, 0.4) is 0 Å². The van der Waals surface area contributed by atoms with Gasteiger partial charge in [-0.2, -0.15) is 0 Å². The summed E-state index contributed by atoms with van der Waals surface area (Å²) in [5.41, 5.74) is 3.28. The number of aromatic hydroxyl groups is 1. The fraction of sp³-hybridized carbons (Fsp3) is 0.286. The van der Waals surface area contributed by atoms with Crippen LogP contribution in [-0.2, 0) is 11.2 Å². The lowest BCUT2D eigenvalue weighted by atomic mass is 9.94. The van der Waals surface area contributed by atoms with Crippen LogP contribution in [0.2, 0.25) is 0 Å². The Hall–Kier alpha value is -2.37. The molecule has 3 aromatic rings. The predicted molar refractivity (Wildman–Crippen MR) is 107 cm³/mol. The molecular weight excluding hydrogens is 344 g/mol. The van der Waals surface area contributed by atoms with Crippen molar-refractivity contribution in [3.05, 3.63) is 58.4 Å². The summed E-state index contributed by atoms with van der Waals surface area (Å²) in [6, 6.07) is 9.56. The van der Waals surface area contributed by atoms with Crippen molar-refractivity contribution >= 4 is 33.6 Å². The molecule has 26 heavy (non-hydrogen) atoms. The lowest BCUT2D eigenvalue weighted by molar-refractivity contribution is -0.121. The molecule has 5 heteroatoms. The van der Waals surface area contributed by atoms with Gasteiger partial charge in [-0.25, -0.2) is 0 Å². The summed E-state index contributed by atoms with van der Waals surface area (Å²) in [7, 11) is 0. The van der Waals surface area contributed by atoms with Crippen LogP contribution >= 0.6 is 11.3 Å². The first-order valence-electron chi connectivity index (χ1n) is 8.99. The third kappa shape index (κ3) is 3.45. The van der Waals surface area contributed by atoms with Crippen LogP contribution in [0.5, 0.6) is 5.75 Å². The number of thiophene rings is 1. The number of aryl methyl sites for hydroxylation is 1. The monoisotopic (exact) mass is 366 g/mol. The maximum Gasteiger partial charge on any atom is 0.150 e. The van der Waals surface area contributed by atoms with Gasteiger partial charge in [0.2, 0.25) is 0 Å². The maximum atomic E-state index is 12.6. The van der Waals surface area contributed by atoms with Gasteiger partial charge in [0.25, 0.3) is 0 Å². The predicted octanol–water partition coefficient (Wildman–Crippen LogP) is 4.27. The number of aromatic amines is 1. The number of carbonyl (C=O) groups is 1. The number of nitrogens with one attached hydrogen (secondary N) is 2. The molecule has 0 spiro atoms. The Morgan fingerprint density at radius 1 is 1.27 bits per heavy atom.